The molecule has 2 aromatic heterocycles. The molecule has 0 fully saturated rings. The van der Waals surface area contributed by atoms with Gasteiger partial charge in [0.2, 0.25) is 0 Å². The smallest absolute Gasteiger partial charge is 0.167 e. The van der Waals surface area contributed by atoms with Crippen molar-refractivity contribution in [3.05, 3.63) is 164 Å². The molecule has 0 aliphatic rings. The highest BCUT2D eigenvalue weighted by molar-refractivity contribution is 6.15. The Morgan fingerprint density at radius 2 is 0.939 bits per heavy atom. The SMILES string of the molecule is c1ccc(-c2nc(-c3ccc4cc(-c5cccc6ccc7ccccc7c56)ccc4c3)nc(-c3cccc4c3oc3ccccc34)n2)cc1. The van der Waals surface area contributed by atoms with Crippen molar-refractivity contribution in [1.82, 2.24) is 15.0 Å². The maximum absolute atomic E-state index is 6.38. The lowest BCUT2D eigenvalue weighted by molar-refractivity contribution is 0.669. The number of fused-ring (bicyclic) bond motifs is 7. The fourth-order valence-corrected chi connectivity index (χ4v) is 7.12. The predicted molar refractivity (Wildman–Crippen MR) is 201 cm³/mol. The summed E-state index contributed by atoms with van der Waals surface area (Å²) in [7, 11) is 0. The van der Waals surface area contributed by atoms with Crippen molar-refractivity contribution in [1.29, 1.82) is 0 Å². The van der Waals surface area contributed by atoms with Gasteiger partial charge in [-0.1, -0.05) is 140 Å². The van der Waals surface area contributed by atoms with Crippen molar-refractivity contribution in [2.75, 3.05) is 0 Å². The molecule has 0 spiro atoms. The Hall–Kier alpha value is -6.65. The van der Waals surface area contributed by atoms with Gasteiger partial charge in [0.1, 0.15) is 11.2 Å². The van der Waals surface area contributed by atoms with Gasteiger partial charge >= 0.3 is 0 Å². The van der Waals surface area contributed by atoms with Crippen molar-refractivity contribution in [3.63, 3.8) is 0 Å². The molecule has 2 heterocycles. The van der Waals surface area contributed by atoms with Gasteiger partial charge in [0.25, 0.3) is 0 Å². The van der Waals surface area contributed by atoms with Crippen LogP contribution >= 0.6 is 0 Å². The van der Waals surface area contributed by atoms with Crippen molar-refractivity contribution in [2.24, 2.45) is 0 Å². The van der Waals surface area contributed by atoms with Crippen LogP contribution in [-0.4, -0.2) is 15.0 Å². The summed E-state index contributed by atoms with van der Waals surface area (Å²) in [5.74, 6) is 1.81. The van der Waals surface area contributed by atoms with E-state index in [2.05, 4.69) is 103 Å². The van der Waals surface area contributed by atoms with E-state index in [9.17, 15) is 0 Å². The first kappa shape index (κ1) is 27.5. The number of benzene rings is 8. The zero-order chi connectivity index (χ0) is 32.3. The largest absolute Gasteiger partial charge is 0.455 e. The summed E-state index contributed by atoms with van der Waals surface area (Å²) in [5, 5.41) is 9.42. The first-order valence-corrected chi connectivity index (χ1v) is 16.4. The second-order valence-electron chi connectivity index (χ2n) is 12.4. The lowest BCUT2D eigenvalue weighted by Gasteiger charge is -2.12. The summed E-state index contributed by atoms with van der Waals surface area (Å²) >= 11 is 0. The molecular weight excluding hydrogens is 599 g/mol. The van der Waals surface area contributed by atoms with Crippen LogP contribution in [0.2, 0.25) is 0 Å². The van der Waals surface area contributed by atoms with Gasteiger partial charge in [-0.05, 0) is 67.7 Å². The number of furan rings is 1. The van der Waals surface area contributed by atoms with E-state index in [1.165, 1.54) is 32.7 Å². The number of aromatic nitrogens is 3. The Kier molecular flexibility index (Phi) is 6.15. The lowest BCUT2D eigenvalue weighted by atomic mass is 9.92. The summed E-state index contributed by atoms with van der Waals surface area (Å²) < 4.78 is 6.38. The third-order valence-corrected chi connectivity index (χ3v) is 9.49. The molecule has 4 nitrogen and oxygen atoms in total. The van der Waals surface area contributed by atoms with Gasteiger partial charge in [-0.2, -0.15) is 0 Å². The lowest BCUT2D eigenvalue weighted by Crippen LogP contribution is -2.00. The molecule has 0 aliphatic carbocycles. The predicted octanol–water partition coefficient (Wildman–Crippen LogP) is 11.9. The molecule has 0 unspecified atom stereocenters. The molecule has 0 aliphatic heterocycles. The fourth-order valence-electron chi connectivity index (χ4n) is 7.12. The minimum absolute atomic E-state index is 0.576. The van der Waals surface area contributed by atoms with Crippen LogP contribution in [0.25, 0.3) is 99.5 Å². The van der Waals surface area contributed by atoms with Crippen molar-refractivity contribution < 1.29 is 4.42 Å². The Morgan fingerprint density at radius 1 is 0.347 bits per heavy atom. The van der Waals surface area contributed by atoms with Crippen LogP contribution in [0.15, 0.2) is 168 Å². The molecule has 228 valence electrons. The molecule has 4 heteroatoms. The Bertz CT molecular complexity index is 2890. The van der Waals surface area contributed by atoms with Gasteiger partial charge in [-0.15, -0.1) is 0 Å². The van der Waals surface area contributed by atoms with Crippen LogP contribution in [0.3, 0.4) is 0 Å². The molecule has 10 rings (SSSR count). The number of para-hydroxylation sites is 2. The number of hydrogen-bond donors (Lipinski definition) is 0. The standard InChI is InChI=1S/C45H27N3O/c1-2-11-30(12-3-1)43-46-44(48-45(47-43)39-18-9-17-38-37-15-6-7-19-40(37)49-42(38)39)34-25-23-31-26-33(24-22-32(31)27-34)36-16-8-13-29-21-20-28-10-4-5-14-35(28)41(29)36/h1-27H. The molecule has 0 N–H and O–H groups in total. The average Bonchev–Trinajstić information content (AvgIpc) is 3.56. The molecule has 8 aromatic carbocycles. The molecule has 0 saturated heterocycles. The van der Waals surface area contributed by atoms with Gasteiger partial charge in [-0.3, -0.25) is 0 Å². The monoisotopic (exact) mass is 625 g/mol. The Balaban J connectivity index is 1.12. The fraction of sp³-hybridized carbons (Fsp3) is 0. The molecule has 10 aromatic rings. The first-order chi connectivity index (χ1) is 24.3. The highest BCUT2D eigenvalue weighted by atomic mass is 16.3. The third-order valence-electron chi connectivity index (χ3n) is 9.49. The van der Waals surface area contributed by atoms with Crippen LogP contribution < -0.4 is 0 Å². The van der Waals surface area contributed by atoms with Crippen molar-refractivity contribution >= 4 is 54.3 Å². The van der Waals surface area contributed by atoms with Gasteiger partial charge in [-0.25, -0.2) is 15.0 Å². The van der Waals surface area contributed by atoms with E-state index in [-0.39, 0.29) is 0 Å². The van der Waals surface area contributed by atoms with E-state index in [1.807, 2.05) is 60.7 Å². The normalized spacial score (nSPS) is 11.7. The van der Waals surface area contributed by atoms with Crippen molar-refractivity contribution in [2.45, 2.75) is 0 Å². The van der Waals surface area contributed by atoms with Gasteiger partial charge in [0, 0.05) is 21.9 Å². The van der Waals surface area contributed by atoms with Crippen LogP contribution in [0, 0.1) is 0 Å². The van der Waals surface area contributed by atoms with Crippen LogP contribution in [0.5, 0.6) is 0 Å². The molecule has 0 bridgehead atoms. The summed E-state index contributed by atoms with van der Waals surface area (Å²) in [6.45, 7) is 0. The van der Waals surface area contributed by atoms with Gasteiger partial charge < -0.3 is 4.42 Å². The first-order valence-electron chi connectivity index (χ1n) is 16.4. The summed E-state index contributed by atoms with van der Waals surface area (Å²) in [6.07, 6.45) is 0. The molecule has 49 heavy (non-hydrogen) atoms. The van der Waals surface area contributed by atoms with E-state index in [1.54, 1.807) is 0 Å². The highest BCUT2D eigenvalue weighted by Crippen LogP contribution is 2.38. The molecule has 0 saturated carbocycles. The number of rotatable bonds is 4. The topological polar surface area (TPSA) is 51.8 Å². The van der Waals surface area contributed by atoms with E-state index >= 15 is 0 Å². The van der Waals surface area contributed by atoms with E-state index in [4.69, 9.17) is 19.4 Å². The zero-order valence-electron chi connectivity index (χ0n) is 26.3. The molecule has 0 radical (unpaired) electrons. The Labute approximate surface area is 282 Å². The molecule has 0 atom stereocenters. The Morgan fingerprint density at radius 3 is 1.82 bits per heavy atom. The minimum atomic E-state index is 0.576. The molecule has 0 amide bonds. The summed E-state index contributed by atoms with van der Waals surface area (Å²) in [5.41, 5.74) is 6.72. The number of nitrogens with zero attached hydrogens (tertiary/aromatic N) is 3. The van der Waals surface area contributed by atoms with E-state index in [0.717, 1.165) is 49.4 Å². The quantitative estimate of drug-likeness (QED) is 0.183. The van der Waals surface area contributed by atoms with Crippen LogP contribution in [0.4, 0.5) is 0 Å². The summed E-state index contributed by atoms with van der Waals surface area (Å²) in [4.78, 5) is 15.1. The second-order valence-corrected chi connectivity index (χ2v) is 12.4. The second kappa shape index (κ2) is 11.0. The van der Waals surface area contributed by atoms with Gasteiger partial charge in [0.15, 0.2) is 17.5 Å². The van der Waals surface area contributed by atoms with Crippen molar-refractivity contribution in [3.8, 4) is 45.3 Å². The van der Waals surface area contributed by atoms with E-state index < -0.39 is 0 Å². The highest BCUT2D eigenvalue weighted by Gasteiger charge is 2.18. The third kappa shape index (κ3) is 4.57. The van der Waals surface area contributed by atoms with E-state index in [0.29, 0.717) is 17.5 Å². The van der Waals surface area contributed by atoms with Gasteiger partial charge in [0.05, 0.1) is 5.56 Å². The van der Waals surface area contributed by atoms with Crippen LogP contribution in [-0.2, 0) is 0 Å². The maximum atomic E-state index is 6.38. The average molecular weight is 626 g/mol. The molecular formula is C45H27N3O. The summed E-state index contributed by atoms with van der Waals surface area (Å²) in [6, 6.07) is 57.1. The number of hydrogen-bond acceptors (Lipinski definition) is 4. The maximum Gasteiger partial charge on any atom is 0.167 e. The zero-order valence-corrected chi connectivity index (χ0v) is 26.3. The van der Waals surface area contributed by atoms with Crippen LogP contribution in [0.1, 0.15) is 0 Å². The minimum Gasteiger partial charge on any atom is -0.455 e.